The zero-order valence-electron chi connectivity index (χ0n) is 18.5. The summed E-state index contributed by atoms with van der Waals surface area (Å²) in [5.74, 6) is 3.28. The summed E-state index contributed by atoms with van der Waals surface area (Å²) < 4.78 is 5.89. The molecule has 1 unspecified atom stereocenters. The van der Waals surface area contributed by atoms with Crippen LogP contribution in [0, 0.1) is 10.8 Å². The van der Waals surface area contributed by atoms with Crippen LogP contribution in [0.2, 0.25) is 5.31 Å². The molecule has 0 N–H and O–H groups in total. The first-order chi connectivity index (χ1) is 11.0. The molecule has 0 fully saturated rings. The number of rotatable bonds is 12. The summed E-state index contributed by atoms with van der Waals surface area (Å²) in [6.07, 6.45) is 2.73. The molecule has 0 radical (unpaired) electrons. The van der Waals surface area contributed by atoms with Crippen LogP contribution in [0.15, 0.2) is 12.3 Å². The third kappa shape index (κ3) is 12.6. The molecule has 0 heterocycles. The van der Waals surface area contributed by atoms with E-state index in [1.807, 2.05) is 18.7 Å². The first-order valence-corrected chi connectivity index (χ1v) is 10.5. The van der Waals surface area contributed by atoms with Gasteiger partial charge in [0.2, 0.25) is 0 Å². The van der Waals surface area contributed by atoms with E-state index in [4.69, 9.17) is 4.74 Å². The van der Waals surface area contributed by atoms with Crippen LogP contribution < -0.4 is 0 Å². The second-order valence-electron chi connectivity index (χ2n) is 10.8. The van der Waals surface area contributed by atoms with Gasteiger partial charge in [0.15, 0.2) is 0 Å². The molecule has 0 aromatic carbocycles. The van der Waals surface area contributed by atoms with E-state index in [1.54, 1.807) is 6.92 Å². The molecule has 0 aromatic rings. The summed E-state index contributed by atoms with van der Waals surface area (Å²) in [4.78, 5) is 11.5. The number of carbonyl (C=O) groups excluding carboxylic acids is 1. The van der Waals surface area contributed by atoms with Crippen LogP contribution in [-0.4, -0.2) is 30.7 Å². The quantitative estimate of drug-likeness (QED) is 0.328. The normalized spacial score (nSPS) is 15.6. The number of ketones is 1. The van der Waals surface area contributed by atoms with E-state index in [9.17, 15) is 4.79 Å². The lowest BCUT2D eigenvalue weighted by molar-refractivity contribution is -0.119. The van der Waals surface area contributed by atoms with Crippen molar-refractivity contribution in [3.05, 3.63) is 12.3 Å². The van der Waals surface area contributed by atoms with Gasteiger partial charge in [0.1, 0.15) is 19.2 Å². The highest BCUT2D eigenvalue weighted by Gasteiger charge is 2.33. The molecule has 0 aliphatic carbocycles. The molecule has 1 atom stereocenters. The van der Waals surface area contributed by atoms with Crippen LogP contribution in [0.4, 0.5) is 0 Å². The van der Waals surface area contributed by atoms with E-state index in [0.717, 1.165) is 30.1 Å². The summed E-state index contributed by atoms with van der Waals surface area (Å²) in [5.41, 5.74) is 0.112. The fraction of sp³-hybridized carbons (Fsp3) is 0.857. The Morgan fingerprint density at radius 3 is 1.92 bits per heavy atom. The first kappa shape index (κ1) is 24.6. The summed E-state index contributed by atoms with van der Waals surface area (Å²) in [7, 11) is 2.32. The largest absolute Gasteiger partial charge is 0.493 e. The molecule has 0 aliphatic heterocycles. The summed E-state index contributed by atoms with van der Waals surface area (Å²) in [6, 6.07) is 0. The first-order valence-electron chi connectivity index (χ1n) is 9.37. The summed E-state index contributed by atoms with van der Waals surface area (Å²) in [6.45, 7) is 23.1. The highest BCUT2D eigenvalue weighted by atomic mass is 32.2. The van der Waals surface area contributed by atoms with Crippen LogP contribution >= 0.6 is 11.8 Å². The Morgan fingerprint density at radius 1 is 0.960 bits per heavy atom. The fourth-order valence-corrected chi connectivity index (χ4v) is 5.81. The van der Waals surface area contributed by atoms with Crippen LogP contribution in [0.1, 0.15) is 81.6 Å². The topological polar surface area (TPSA) is 26.3 Å². The van der Waals surface area contributed by atoms with Crippen LogP contribution in [0.25, 0.3) is 0 Å². The zero-order valence-corrected chi connectivity index (χ0v) is 19.3. The van der Waals surface area contributed by atoms with Crippen molar-refractivity contribution in [1.29, 1.82) is 0 Å². The maximum Gasteiger partial charge on any atom is 0.130 e. The average Bonchev–Trinajstić information content (AvgIpc) is 2.18. The Hall–Kier alpha value is -0.375. The minimum atomic E-state index is -0.186. The minimum absolute atomic E-state index is 0.0722. The molecular formula is C21H41BO2S. The molecule has 4 heteroatoms. The van der Waals surface area contributed by atoms with Crippen LogP contribution in [0.5, 0.6) is 0 Å². The molecule has 0 aliphatic rings. The Kier molecular flexibility index (Phi) is 8.88. The van der Waals surface area contributed by atoms with Gasteiger partial charge in [-0.25, -0.2) is 0 Å². The lowest BCUT2D eigenvalue weighted by Gasteiger charge is -2.37. The van der Waals surface area contributed by atoms with Crippen molar-refractivity contribution < 1.29 is 9.53 Å². The van der Waals surface area contributed by atoms with Gasteiger partial charge in [-0.15, -0.1) is 0 Å². The highest BCUT2D eigenvalue weighted by molar-refractivity contribution is 7.99. The van der Waals surface area contributed by atoms with E-state index >= 15 is 0 Å². The molecule has 2 nitrogen and oxygen atoms in total. The number of allylic oxidation sites excluding steroid dienone is 1. The Morgan fingerprint density at radius 2 is 1.48 bits per heavy atom. The molecule has 0 saturated heterocycles. The number of hydrogen-bond donors (Lipinski definition) is 0. The summed E-state index contributed by atoms with van der Waals surface area (Å²) in [5, 5.41) is 0.203. The SMILES string of the molecule is BC(C)(CSCC(C)(C)CC(C)(C)CC(C)=O)CC(C)(C)OC(=C)C. The van der Waals surface area contributed by atoms with Gasteiger partial charge in [0.05, 0.1) is 5.76 Å². The lowest BCUT2D eigenvalue weighted by Crippen LogP contribution is -2.31. The van der Waals surface area contributed by atoms with Gasteiger partial charge in [-0.05, 0) is 68.2 Å². The van der Waals surface area contributed by atoms with E-state index in [0.29, 0.717) is 6.42 Å². The monoisotopic (exact) mass is 368 g/mol. The Balaban J connectivity index is 4.56. The van der Waals surface area contributed by atoms with Crippen molar-refractivity contribution >= 4 is 25.4 Å². The van der Waals surface area contributed by atoms with Crippen LogP contribution in [-0.2, 0) is 9.53 Å². The van der Waals surface area contributed by atoms with E-state index in [-0.39, 0.29) is 27.5 Å². The van der Waals surface area contributed by atoms with Gasteiger partial charge < -0.3 is 9.53 Å². The van der Waals surface area contributed by atoms with Crippen molar-refractivity contribution in [3.8, 4) is 0 Å². The molecular weight excluding hydrogens is 327 g/mol. The number of hydrogen-bond acceptors (Lipinski definition) is 3. The highest BCUT2D eigenvalue weighted by Crippen LogP contribution is 2.42. The molecule has 0 aromatic heterocycles. The predicted molar refractivity (Wildman–Crippen MR) is 116 cm³/mol. The van der Waals surface area contributed by atoms with Crippen molar-refractivity contribution in [1.82, 2.24) is 0 Å². The zero-order chi connectivity index (χ0) is 20.1. The molecule has 0 rings (SSSR count). The molecule has 25 heavy (non-hydrogen) atoms. The van der Waals surface area contributed by atoms with Gasteiger partial charge in [0.25, 0.3) is 0 Å². The molecule has 0 saturated carbocycles. The van der Waals surface area contributed by atoms with Gasteiger partial charge >= 0.3 is 0 Å². The predicted octanol–water partition coefficient (Wildman–Crippen LogP) is 5.67. The Labute approximate surface area is 162 Å². The van der Waals surface area contributed by atoms with Gasteiger partial charge in [-0.2, -0.15) is 11.8 Å². The van der Waals surface area contributed by atoms with E-state index in [2.05, 4.69) is 62.9 Å². The molecule has 0 bridgehead atoms. The fourth-order valence-electron chi connectivity index (χ4n) is 4.40. The van der Waals surface area contributed by atoms with Crippen molar-refractivity contribution in [2.75, 3.05) is 11.5 Å². The molecule has 146 valence electrons. The summed E-state index contributed by atoms with van der Waals surface area (Å²) >= 11 is 2.02. The number of ether oxygens (including phenoxy) is 1. The van der Waals surface area contributed by atoms with Crippen molar-refractivity contribution in [2.45, 2.75) is 92.5 Å². The average molecular weight is 368 g/mol. The standard InChI is InChI=1S/C21H41BO2S/c1-16(2)24-20(8,9)13-21(10,22)15-25-14-19(6,7)12-18(4,5)11-17(3)23/h1,11-15,22H2,2-10H3. The second kappa shape index (κ2) is 9.02. The maximum absolute atomic E-state index is 11.5. The van der Waals surface area contributed by atoms with Gasteiger partial charge in [-0.1, -0.05) is 41.2 Å². The van der Waals surface area contributed by atoms with Crippen molar-refractivity contribution in [2.24, 2.45) is 10.8 Å². The van der Waals surface area contributed by atoms with Gasteiger partial charge in [0, 0.05) is 6.42 Å². The maximum atomic E-state index is 11.5. The number of carbonyl (C=O) groups is 1. The van der Waals surface area contributed by atoms with Crippen LogP contribution in [0.3, 0.4) is 0 Å². The third-order valence-corrected chi connectivity index (χ3v) is 6.00. The minimum Gasteiger partial charge on any atom is -0.493 e. The Bertz CT molecular complexity index is 423. The van der Waals surface area contributed by atoms with Gasteiger partial charge in [-0.3, -0.25) is 0 Å². The number of Topliss-reactive ketones (excluding diaryl/α,β-unsaturated/α-hetero) is 1. The smallest absolute Gasteiger partial charge is 0.130 e. The number of thioether (sulfide) groups is 1. The molecule has 0 spiro atoms. The second-order valence-corrected chi connectivity index (χ2v) is 11.8. The molecule has 0 amide bonds. The third-order valence-electron chi connectivity index (χ3n) is 4.03. The van der Waals surface area contributed by atoms with E-state index in [1.165, 1.54) is 0 Å². The van der Waals surface area contributed by atoms with Crippen molar-refractivity contribution in [3.63, 3.8) is 0 Å². The van der Waals surface area contributed by atoms with E-state index < -0.39 is 0 Å². The lowest BCUT2D eigenvalue weighted by atomic mass is 9.66.